The average molecular weight is 296 g/mol. The van der Waals surface area contributed by atoms with Gasteiger partial charge in [-0.2, -0.15) is 0 Å². The molecule has 0 amide bonds. The van der Waals surface area contributed by atoms with Gasteiger partial charge in [-0.3, -0.25) is 0 Å². The van der Waals surface area contributed by atoms with Crippen LogP contribution in [0, 0.1) is 5.82 Å². The van der Waals surface area contributed by atoms with Gasteiger partial charge in [-0.15, -0.1) is 0 Å². The normalized spacial score (nSPS) is 22.9. The predicted octanol–water partition coefficient (Wildman–Crippen LogP) is 2.24. The zero-order valence-electron chi connectivity index (χ0n) is 10.8. The van der Waals surface area contributed by atoms with Gasteiger partial charge in [0, 0.05) is 24.5 Å². The number of aliphatic hydroxyl groups excluding tert-OH is 1. The first-order chi connectivity index (χ1) is 9.66. The minimum absolute atomic E-state index is 0.0486. The summed E-state index contributed by atoms with van der Waals surface area (Å²) in [4.78, 5) is 4.29. The van der Waals surface area contributed by atoms with Crippen LogP contribution in [0.4, 0.5) is 4.39 Å². The van der Waals surface area contributed by atoms with Crippen molar-refractivity contribution >= 4 is 11.6 Å². The Bertz CT molecular complexity index is 616. The van der Waals surface area contributed by atoms with Crippen LogP contribution < -0.4 is 5.32 Å². The zero-order valence-corrected chi connectivity index (χ0v) is 11.5. The van der Waals surface area contributed by atoms with E-state index < -0.39 is 11.9 Å². The van der Waals surface area contributed by atoms with Gasteiger partial charge >= 0.3 is 0 Å². The van der Waals surface area contributed by atoms with Crippen LogP contribution in [0.15, 0.2) is 30.6 Å². The number of halogens is 2. The highest BCUT2D eigenvalue weighted by atomic mass is 35.5. The van der Waals surface area contributed by atoms with Gasteiger partial charge in [0.2, 0.25) is 0 Å². The Balaban J connectivity index is 1.98. The number of imidazole rings is 1. The largest absolute Gasteiger partial charge is 0.390 e. The zero-order chi connectivity index (χ0) is 14.1. The van der Waals surface area contributed by atoms with E-state index in [1.807, 2.05) is 10.8 Å². The molecule has 0 aliphatic carbocycles. The molecule has 1 saturated heterocycles. The number of rotatable bonds is 2. The maximum atomic E-state index is 13.6. The maximum absolute atomic E-state index is 13.6. The minimum atomic E-state index is -0.478. The lowest BCUT2D eigenvalue weighted by atomic mass is 10.0. The van der Waals surface area contributed by atoms with Crippen molar-refractivity contribution in [3.63, 3.8) is 0 Å². The number of β-amino-alcohol motifs (C(OH)–C–C–N with tert-alkyl or cyclic N) is 1. The van der Waals surface area contributed by atoms with Crippen LogP contribution >= 0.6 is 11.6 Å². The maximum Gasteiger partial charge on any atom is 0.142 e. The van der Waals surface area contributed by atoms with E-state index in [2.05, 4.69) is 10.3 Å². The Morgan fingerprint density at radius 1 is 1.45 bits per heavy atom. The first kappa shape index (κ1) is 13.5. The second kappa shape index (κ2) is 5.52. The average Bonchev–Trinajstić information content (AvgIpc) is 2.91. The van der Waals surface area contributed by atoms with Gasteiger partial charge in [0.25, 0.3) is 0 Å². The molecular weight excluding hydrogens is 281 g/mol. The Hall–Kier alpha value is -1.43. The topological polar surface area (TPSA) is 50.1 Å². The molecule has 0 radical (unpaired) electrons. The molecule has 1 fully saturated rings. The van der Waals surface area contributed by atoms with Crippen LogP contribution in [-0.2, 0) is 0 Å². The van der Waals surface area contributed by atoms with Crippen molar-refractivity contribution in [3.05, 3.63) is 41.4 Å². The third-order valence-corrected chi connectivity index (χ3v) is 3.92. The number of nitrogens with zero attached hydrogens (tertiary/aromatic N) is 2. The lowest BCUT2D eigenvalue weighted by Gasteiger charge is -2.30. The number of hydrogen-bond donors (Lipinski definition) is 2. The predicted molar refractivity (Wildman–Crippen MR) is 75.2 cm³/mol. The fraction of sp³-hybridized carbons (Fsp3) is 0.357. The van der Waals surface area contributed by atoms with E-state index >= 15 is 0 Å². The number of nitrogens with one attached hydrogen (secondary N) is 1. The summed E-state index contributed by atoms with van der Waals surface area (Å²) in [7, 11) is 0. The second-order valence-corrected chi connectivity index (χ2v) is 5.32. The smallest absolute Gasteiger partial charge is 0.142 e. The van der Waals surface area contributed by atoms with Gasteiger partial charge in [-0.05, 0) is 31.2 Å². The summed E-state index contributed by atoms with van der Waals surface area (Å²) in [6.07, 6.45) is 3.81. The van der Waals surface area contributed by atoms with E-state index in [1.54, 1.807) is 12.3 Å². The molecule has 0 spiro atoms. The Kier molecular flexibility index (Phi) is 3.74. The Labute approximate surface area is 121 Å². The summed E-state index contributed by atoms with van der Waals surface area (Å²) >= 11 is 5.70. The number of piperidine rings is 1. The van der Waals surface area contributed by atoms with Crippen LogP contribution in [0.5, 0.6) is 0 Å². The molecule has 2 aromatic rings. The van der Waals surface area contributed by atoms with E-state index in [1.165, 1.54) is 12.1 Å². The molecule has 6 heteroatoms. The quantitative estimate of drug-likeness (QED) is 0.893. The number of aliphatic hydroxyl groups is 1. The highest BCUT2D eigenvalue weighted by Crippen LogP contribution is 2.28. The van der Waals surface area contributed by atoms with E-state index in [9.17, 15) is 9.50 Å². The molecule has 0 unspecified atom stereocenters. The first-order valence-electron chi connectivity index (χ1n) is 6.54. The van der Waals surface area contributed by atoms with Crippen molar-refractivity contribution in [1.82, 2.24) is 14.9 Å². The van der Waals surface area contributed by atoms with Gasteiger partial charge in [0.1, 0.15) is 11.6 Å². The molecule has 1 aliphatic rings. The van der Waals surface area contributed by atoms with Gasteiger partial charge in [0.05, 0.1) is 17.2 Å². The minimum Gasteiger partial charge on any atom is -0.390 e. The van der Waals surface area contributed by atoms with E-state index in [4.69, 9.17) is 11.6 Å². The van der Waals surface area contributed by atoms with Crippen molar-refractivity contribution in [2.75, 3.05) is 13.1 Å². The number of hydrogen-bond acceptors (Lipinski definition) is 3. The Morgan fingerprint density at radius 3 is 3.05 bits per heavy atom. The molecule has 0 saturated carbocycles. The lowest BCUT2D eigenvalue weighted by Crippen LogP contribution is -2.41. The molecule has 106 valence electrons. The molecule has 2 heterocycles. The molecule has 2 atom stereocenters. The SMILES string of the molecule is O[C@H]1CNCC[C@@H]1n1ccnc1-c1ccc(Cl)c(F)c1. The van der Waals surface area contributed by atoms with Gasteiger partial charge in [-0.25, -0.2) is 9.37 Å². The second-order valence-electron chi connectivity index (χ2n) is 4.91. The fourth-order valence-electron chi connectivity index (χ4n) is 2.59. The first-order valence-corrected chi connectivity index (χ1v) is 6.91. The lowest BCUT2D eigenvalue weighted by molar-refractivity contribution is 0.0880. The van der Waals surface area contributed by atoms with Crippen molar-refractivity contribution in [3.8, 4) is 11.4 Å². The van der Waals surface area contributed by atoms with E-state index in [0.717, 1.165) is 13.0 Å². The van der Waals surface area contributed by atoms with Crippen molar-refractivity contribution in [2.24, 2.45) is 0 Å². The van der Waals surface area contributed by atoms with E-state index in [0.29, 0.717) is 17.9 Å². The summed E-state index contributed by atoms with van der Waals surface area (Å²) in [5.41, 5.74) is 0.655. The molecule has 4 nitrogen and oxygen atoms in total. The van der Waals surface area contributed by atoms with Crippen molar-refractivity contribution in [2.45, 2.75) is 18.6 Å². The molecule has 20 heavy (non-hydrogen) atoms. The summed E-state index contributed by atoms with van der Waals surface area (Å²) in [5.74, 6) is 0.177. The molecule has 1 aromatic heterocycles. The van der Waals surface area contributed by atoms with Crippen LogP contribution in [0.3, 0.4) is 0 Å². The molecule has 1 aromatic carbocycles. The number of aromatic nitrogens is 2. The third-order valence-electron chi connectivity index (χ3n) is 3.62. The molecule has 1 aliphatic heterocycles. The fourth-order valence-corrected chi connectivity index (χ4v) is 2.71. The molecular formula is C14H15ClFN3O. The highest BCUT2D eigenvalue weighted by molar-refractivity contribution is 6.30. The van der Waals surface area contributed by atoms with Crippen molar-refractivity contribution < 1.29 is 9.50 Å². The molecule has 0 bridgehead atoms. The monoisotopic (exact) mass is 295 g/mol. The highest BCUT2D eigenvalue weighted by Gasteiger charge is 2.26. The summed E-state index contributed by atoms with van der Waals surface area (Å²) < 4.78 is 15.5. The Morgan fingerprint density at radius 2 is 2.30 bits per heavy atom. The van der Waals surface area contributed by atoms with Crippen LogP contribution in [0.1, 0.15) is 12.5 Å². The standard InChI is InChI=1S/C14H15ClFN3O/c15-10-2-1-9(7-11(10)16)14-18-5-6-19(14)12-3-4-17-8-13(12)20/h1-2,5-7,12-13,17,20H,3-4,8H2/t12-,13-/m0/s1. The van der Waals surface area contributed by atoms with Crippen LogP contribution in [0.25, 0.3) is 11.4 Å². The summed E-state index contributed by atoms with van der Waals surface area (Å²) in [5, 5.41) is 13.3. The van der Waals surface area contributed by atoms with Gasteiger partial charge < -0.3 is 15.0 Å². The third kappa shape index (κ3) is 2.44. The van der Waals surface area contributed by atoms with Gasteiger partial charge in [0.15, 0.2) is 0 Å². The van der Waals surface area contributed by atoms with Crippen molar-refractivity contribution in [1.29, 1.82) is 0 Å². The van der Waals surface area contributed by atoms with Gasteiger partial charge in [-0.1, -0.05) is 11.6 Å². The number of benzene rings is 1. The molecule has 2 N–H and O–H groups in total. The van der Waals surface area contributed by atoms with Crippen LogP contribution in [0.2, 0.25) is 5.02 Å². The van der Waals surface area contributed by atoms with Crippen LogP contribution in [-0.4, -0.2) is 33.9 Å². The summed E-state index contributed by atoms with van der Waals surface area (Å²) in [6.45, 7) is 1.39. The molecule has 3 rings (SSSR count). The van der Waals surface area contributed by atoms with E-state index in [-0.39, 0.29) is 11.1 Å². The summed E-state index contributed by atoms with van der Waals surface area (Å²) in [6, 6.07) is 4.57.